The average molecular weight is 440 g/mol. The Bertz CT molecular complexity index is 221. The van der Waals surface area contributed by atoms with Crippen LogP contribution in [0.1, 0.15) is 0 Å². The molecule has 2 fully saturated rings. The predicted molar refractivity (Wildman–Crippen MR) is 64.1 cm³/mol. The summed E-state index contributed by atoms with van der Waals surface area (Å²) < 4.78 is 7.55. The lowest BCUT2D eigenvalue weighted by atomic mass is 10.2. The molecule has 2 rings (SSSR count). The Labute approximate surface area is 121 Å². The summed E-state index contributed by atoms with van der Waals surface area (Å²) in [5, 5.41) is 4.36. The van der Waals surface area contributed by atoms with Crippen molar-refractivity contribution >= 4 is 39.9 Å². The fourth-order valence-corrected chi connectivity index (χ4v) is 3.61. The molecular formula is C8H14I2N2OS. The highest BCUT2D eigenvalue weighted by molar-refractivity contribution is 14.1. The van der Waals surface area contributed by atoms with Crippen molar-refractivity contribution < 1.29 is 33.2 Å². The van der Waals surface area contributed by atoms with Crippen molar-refractivity contribution in [2.75, 3.05) is 37.3 Å². The minimum atomic E-state index is 0. The standard InChI is InChI=1S/C8H13IN2OS.HI/c9-5-7-6-10-8(13)11(7)1-3-12-4-2-11;/h7H,1-6H2;1H. The van der Waals surface area contributed by atoms with Gasteiger partial charge in [0, 0.05) is 12.2 Å². The first-order chi connectivity index (χ1) is 6.29. The molecule has 1 atom stereocenters. The van der Waals surface area contributed by atoms with E-state index in [1.165, 1.54) is 4.43 Å². The Morgan fingerprint density at radius 2 is 2.14 bits per heavy atom. The van der Waals surface area contributed by atoms with E-state index in [9.17, 15) is 0 Å². The van der Waals surface area contributed by atoms with Crippen molar-refractivity contribution in [3.05, 3.63) is 0 Å². The molecule has 6 heteroatoms. The smallest absolute Gasteiger partial charge is 0.270 e. The van der Waals surface area contributed by atoms with Crippen LogP contribution in [0.2, 0.25) is 0 Å². The molecule has 2 aliphatic heterocycles. The van der Waals surface area contributed by atoms with Gasteiger partial charge < -0.3 is 34.0 Å². The van der Waals surface area contributed by atoms with Gasteiger partial charge >= 0.3 is 0 Å². The van der Waals surface area contributed by atoms with E-state index in [4.69, 9.17) is 17.0 Å². The maximum absolute atomic E-state index is 5.40. The molecule has 0 aromatic carbocycles. The van der Waals surface area contributed by atoms with E-state index in [1.54, 1.807) is 0 Å². The third-order valence-corrected chi connectivity index (χ3v) is 4.56. The van der Waals surface area contributed by atoms with Gasteiger partial charge in [0.05, 0.1) is 24.2 Å². The van der Waals surface area contributed by atoms with Crippen molar-refractivity contribution in [2.45, 2.75) is 6.04 Å². The van der Waals surface area contributed by atoms with Crippen LogP contribution in [-0.4, -0.2) is 52.9 Å². The summed E-state index contributed by atoms with van der Waals surface area (Å²) in [6.45, 7) is 4.87. The van der Waals surface area contributed by atoms with Crippen LogP contribution in [0.4, 0.5) is 0 Å². The van der Waals surface area contributed by atoms with Gasteiger partial charge in [0.1, 0.15) is 19.1 Å². The summed E-state index contributed by atoms with van der Waals surface area (Å²) in [5.41, 5.74) is 0. The summed E-state index contributed by atoms with van der Waals surface area (Å²) in [7, 11) is 0. The quantitative estimate of drug-likeness (QED) is 0.212. The summed E-state index contributed by atoms with van der Waals surface area (Å²) in [6, 6.07) is 0.664. The maximum Gasteiger partial charge on any atom is 0.270 e. The van der Waals surface area contributed by atoms with Gasteiger partial charge in [-0.2, -0.15) is 0 Å². The van der Waals surface area contributed by atoms with Crippen LogP contribution >= 0.6 is 34.8 Å². The van der Waals surface area contributed by atoms with Gasteiger partial charge in [0.2, 0.25) is 0 Å². The largest absolute Gasteiger partial charge is 1.00 e. The number of thiocarbonyl (C=S) groups is 1. The van der Waals surface area contributed by atoms with Crippen LogP contribution in [-0.2, 0) is 4.74 Å². The van der Waals surface area contributed by atoms with Crippen molar-refractivity contribution in [3.63, 3.8) is 0 Å². The number of nitrogens with zero attached hydrogens (tertiary/aromatic N) is 1. The third-order valence-electron chi connectivity index (χ3n) is 3.04. The second-order valence-electron chi connectivity index (χ2n) is 3.59. The fraction of sp³-hybridized carbons (Fsp3) is 0.875. The maximum atomic E-state index is 5.40. The summed E-state index contributed by atoms with van der Waals surface area (Å²) in [6.07, 6.45) is 0. The molecule has 0 bridgehead atoms. The number of nitrogens with one attached hydrogen (secondary N) is 1. The minimum absolute atomic E-state index is 0. The Morgan fingerprint density at radius 3 is 2.71 bits per heavy atom. The summed E-state index contributed by atoms with van der Waals surface area (Å²) in [5.74, 6) is 0. The van der Waals surface area contributed by atoms with Crippen LogP contribution in [0.25, 0.3) is 0 Å². The highest BCUT2D eigenvalue weighted by atomic mass is 127. The number of hydrogen-bond donors (Lipinski definition) is 1. The highest BCUT2D eigenvalue weighted by Crippen LogP contribution is 2.23. The first-order valence-electron chi connectivity index (χ1n) is 4.58. The zero-order valence-electron chi connectivity index (χ0n) is 7.84. The highest BCUT2D eigenvalue weighted by Gasteiger charge is 2.47. The number of rotatable bonds is 1. The van der Waals surface area contributed by atoms with Crippen LogP contribution in [0, 0.1) is 0 Å². The van der Waals surface area contributed by atoms with E-state index < -0.39 is 0 Å². The number of hydrogen-bond acceptors (Lipinski definition) is 2. The molecule has 0 saturated carbocycles. The molecule has 3 nitrogen and oxygen atoms in total. The molecule has 0 radical (unpaired) electrons. The van der Waals surface area contributed by atoms with Crippen LogP contribution in [0.3, 0.4) is 0 Å². The van der Waals surface area contributed by atoms with Crippen molar-refractivity contribution in [3.8, 4) is 0 Å². The Kier molecular flexibility index (Phi) is 5.29. The molecule has 0 aliphatic carbocycles. The molecule has 14 heavy (non-hydrogen) atoms. The molecule has 0 aromatic heterocycles. The van der Waals surface area contributed by atoms with E-state index in [0.29, 0.717) is 6.04 Å². The summed E-state index contributed by atoms with van der Waals surface area (Å²) >= 11 is 7.85. The van der Waals surface area contributed by atoms with Crippen molar-refractivity contribution in [1.29, 1.82) is 0 Å². The van der Waals surface area contributed by atoms with Gasteiger partial charge in [-0.25, -0.2) is 0 Å². The number of morpholine rings is 1. The topological polar surface area (TPSA) is 21.3 Å². The van der Waals surface area contributed by atoms with E-state index in [0.717, 1.165) is 42.4 Å². The Morgan fingerprint density at radius 1 is 1.50 bits per heavy atom. The second kappa shape index (κ2) is 5.55. The second-order valence-corrected chi connectivity index (χ2v) is 4.86. The zero-order chi connectivity index (χ0) is 9.31. The first kappa shape index (κ1) is 13.3. The van der Waals surface area contributed by atoms with Gasteiger partial charge in [0.15, 0.2) is 0 Å². The molecule has 2 aliphatic rings. The lowest BCUT2D eigenvalue weighted by Crippen LogP contribution is -3.00. The molecule has 2 saturated heterocycles. The number of halogens is 2. The number of ether oxygens (including phenoxy) is 1. The van der Waals surface area contributed by atoms with Crippen LogP contribution < -0.4 is 29.3 Å². The predicted octanol–water partition coefficient (Wildman–Crippen LogP) is -2.47. The number of alkyl halides is 1. The van der Waals surface area contributed by atoms with Gasteiger partial charge in [-0.05, 0) is 0 Å². The number of quaternary nitrogens is 1. The van der Waals surface area contributed by atoms with Gasteiger partial charge in [-0.3, -0.25) is 4.48 Å². The molecule has 0 aromatic rings. The fourth-order valence-electron chi connectivity index (χ4n) is 2.13. The van der Waals surface area contributed by atoms with Gasteiger partial charge in [0.25, 0.3) is 5.11 Å². The zero-order valence-corrected chi connectivity index (χ0v) is 13.0. The van der Waals surface area contributed by atoms with E-state index in [-0.39, 0.29) is 24.0 Å². The first-order valence-corrected chi connectivity index (χ1v) is 6.52. The Hall–Kier alpha value is 1.27. The minimum Gasteiger partial charge on any atom is -1.00 e. The normalized spacial score (nSPS) is 29.8. The van der Waals surface area contributed by atoms with E-state index in [2.05, 4.69) is 27.9 Å². The lowest BCUT2D eigenvalue weighted by molar-refractivity contribution is -0.862. The Balaban J connectivity index is 0.000000980. The third kappa shape index (κ3) is 2.18. The molecule has 2 heterocycles. The monoisotopic (exact) mass is 440 g/mol. The summed E-state index contributed by atoms with van der Waals surface area (Å²) in [4.78, 5) is 0. The average Bonchev–Trinajstić information content (AvgIpc) is 2.46. The van der Waals surface area contributed by atoms with Crippen LogP contribution in [0.15, 0.2) is 0 Å². The van der Waals surface area contributed by atoms with E-state index >= 15 is 0 Å². The molecule has 82 valence electrons. The molecular weight excluding hydrogens is 426 g/mol. The van der Waals surface area contributed by atoms with Crippen molar-refractivity contribution in [1.82, 2.24) is 5.32 Å². The van der Waals surface area contributed by atoms with E-state index in [1.807, 2.05) is 0 Å². The van der Waals surface area contributed by atoms with Crippen LogP contribution in [0.5, 0.6) is 0 Å². The van der Waals surface area contributed by atoms with Gasteiger partial charge in [-0.1, -0.05) is 22.6 Å². The van der Waals surface area contributed by atoms with Gasteiger partial charge in [-0.15, -0.1) is 0 Å². The lowest BCUT2D eigenvalue weighted by Gasteiger charge is -2.39. The molecule has 0 amide bonds. The molecule has 1 unspecified atom stereocenters. The molecule has 1 spiro atoms. The SMILES string of the molecule is S=C1NCC(CI)[N+]12CCOCC2.[I-]. The van der Waals surface area contributed by atoms with Crippen molar-refractivity contribution in [2.24, 2.45) is 0 Å². The molecule has 1 N–H and O–H groups in total.